The van der Waals surface area contributed by atoms with Crippen molar-refractivity contribution in [2.45, 2.75) is 56.1 Å². The van der Waals surface area contributed by atoms with Crippen molar-refractivity contribution in [2.24, 2.45) is 0 Å². The van der Waals surface area contributed by atoms with Crippen LogP contribution in [0.2, 0.25) is 0 Å². The van der Waals surface area contributed by atoms with E-state index in [1.54, 1.807) is 15.0 Å². The maximum Gasteiger partial charge on any atom is 0.216 e. The van der Waals surface area contributed by atoms with Crippen LogP contribution < -0.4 is 0 Å². The third-order valence-electron chi connectivity index (χ3n) is 5.49. The summed E-state index contributed by atoms with van der Waals surface area (Å²) in [7, 11) is -3.12. The Morgan fingerprint density at radius 2 is 1.75 bits per heavy atom. The third kappa shape index (κ3) is 2.95. The second-order valence-electron chi connectivity index (χ2n) is 6.96. The van der Waals surface area contributed by atoms with Crippen molar-refractivity contribution < 1.29 is 8.42 Å². The normalized spacial score (nSPS) is 22.2. The van der Waals surface area contributed by atoms with Crippen molar-refractivity contribution in [3.05, 3.63) is 30.2 Å². The fraction of sp³-hybridized carbons (Fsp3) is 0.647. The van der Waals surface area contributed by atoms with Gasteiger partial charge in [0.15, 0.2) is 5.65 Å². The van der Waals surface area contributed by atoms with Gasteiger partial charge in [0.05, 0.1) is 11.4 Å². The molecule has 4 rings (SSSR count). The highest BCUT2D eigenvalue weighted by atomic mass is 32.2. The highest BCUT2D eigenvalue weighted by molar-refractivity contribution is 7.89. The van der Waals surface area contributed by atoms with E-state index in [-0.39, 0.29) is 5.25 Å². The quantitative estimate of drug-likeness (QED) is 0.855. The van der Waals surface area contributed by atoms with Crippen LogP contribution in [0.1, 0.15) is 56.6 Å². The van der Waals surface area contributed by atoms with E-state index in [0.717, 1.165) is 49.9 Å². The van der Waals surface area contributed by atoms with E-state index < -0.39 is 10.0 Å². The Morgan fingerprint density at radius 3 is 2.50 bits per heavy atom. The molecule has 1 saturated carbocycles. The number of hydrogen-bond donors (Lipinski definition) is 0. The Bertz CT molecular complexity index is 803. The predicted molar refractivity (Wildman–Crippen MR) is 92.3 cm³/mol. The maximum atomic E-state index is 12.8. The lowest BCUT2D eigenvalue weighted by atomic mass is 9.94. The zero-order valence-corrected chi connectivity index (χ0v) is 14.7. The molecule has 2 fully saturated rings. The van der Waals surface area contributed by atoms with Crippen LogP contribution in [0.4, 0.5) is 0 Å². The fourth-order valence-electron chi connectivity index (χ4n) is 4.03. The van der Waals surface area contributed by atoms with Crippen LogP contribution in [0, 0.1) is 0 Å². The highest BCUT2D eigenvalue weighted by Crippen LogP contribution is 2.32. The molecule has 0 bridgehead atoms. The molecule has 3 heterocycles. The number of sulfonamides is 1. The Kier molecular flexibility index (Phi) is 4.30. The van der Waals surface area contributed by atoms with Gasteiger partial charge < -0.3 is 0 Å². The summed E-state index contributed by atoms with van der Waals surface area (Å²) >= 11 is 0. The second kappa shape index (κ2) is 6.44. The van der Waals surface area contributed by atoms with Gasteiger partial charge in [0.2, 0.25) is 10.0 Å². The number of aromatic nitrogens is 3. The van der Waals surface area contributed by atoms with Crippen molar-refractivity contribution >= 4 is 15.7 Å². The van der Waals surface area contributed by atoms with Gasteiger partial charge in [-0.15, -0.1) is 0 Å². The number of fused-ring (bicyclic) bond motifs is 1. The maximum absolute atomic E-state index is 12.8. The van der Waals surface area contributed by atoms with E-state index in [0.29, 0.717) is 19.0 Å². The minimum Gasteiger partial charge on any atom is -0.233 e. The first-order chi connectivity index (χ1) is 11.6. The molecule has 0 unspecified atom stereocenters. The summed E-state index contributed by atoms with van der Waals surface area (Å²) < 4.78 is 29.1. The number of hydrogen-bond acceptors (Lipinski definition) is 4. The first-order valence-corrected chi connectivity index (χ1v) is 10.4. The van der Waals surface area contributed by atoms with Crippen molar-refractivity contribution in [2.75, 3.05) is 13.1 Å². The van der Waals surface area contributed by atoms with E-state index in [2.05, 4.69) is 10.1 Å². The number of rotatable bonds is 3. The van der Waals surface area contributed by atoms with Crippen LogP contribution >= 0.6 is 0 Å². The molecule has 7 heteroatoms. The monoisotopic (exact) mass is 348 g/mol. The largest absolute Gasteiger partial charge is 0.233 e. The van der Waals surface area contributed by atoms with Gasteiger partial charge in [0, 0.05) is 37.0 Å². The molecule has 0 aromatic carbocycles. The average Bonchev–Trinajstić information content (AvgIpc) is 3.10. The zero-order valence-electron chi connectivity index (χ0n) is 13.8. The molecule has 1 saturated heterocycles. The first kappa shape index (κ1) is 16.0. The van der Waals surface area contributed by atoms with Crippen LogP contribution in [0.5, 0.6) is 0 Å². The number of piperidine rings is 1. The van der Waals surface area contributed by atoms with Gasteiger partial charge in [-0.3, -0.25) is 0 Å². The van der Waals surface area contributed by atoms with Crippen molar-refractivity contribution in [1.82, 2.24) is 18.9 Å². The van der Waals surface area contributed by atoms with Gasteiger partial charge in [-0.1, -0.05) is 19.3 Å². The van der Waals surface area contributed by atoms with E-state index in [4.69, 9.17) is 0 Å². The molecule has 2 aromatic heterocycles. The van der Waals surface area contributed by atoms with Crippen molar-refractivity contribution in [1.29, 1.82) is 0 Å². The Morgan fingerprint density at radius 1 is 1.00 bits per heavy atom. The zero-order chi connectivity index (χ0) is 16.6. The second-order valence-corrected chi connectivity index (χ2v) is 9.18. The Labute approximate surface area is 142 Å². The summed E-state index contributed by atoms with van der Waals surface area (Å²) in [5.41, 5.74) is 1.91. The molecular weight excluding hydrogens is 324 g/mol. The standard InChI is InChI=1S/C17H24N4O2S/c22-24(23,15-4-2-1-3-5-15)20-11-7-14(8-12-20)16-9-13-21-17(19-16)6-10-18-21/h6,9-10,13-15H,1-5,7-8,11-12H2. The molecule has 24 heavy (non-hydrogen) atoms. The molecule has 0 amide bonds. The van der Waals surface area contributed by atoms with Crippen LogP contribution in [0.25, 0.3) is 5.65 Å². The lowest BCUT2D eigenvalue weighted by Crippen LogP contribution is -2.43. The van der Waals surface area contributed by atoms with E-state index in [9.17, 15) is 8.42 Å². The smallest absolute Gasteiger partial charge is 0.216 e. The van der Waals surface area contributed by atoms with Crippen molar-refractivity contribution in [3.63, 3.8) is 0 Å². The van der Waals surface area contributed by atoms with Crippen LogP contribution in [-0.4, -0.2) is 45.7 Å². The Hall–Kier alpha value is -1.47. The molecule has 1 aliphatic heterocycles. The summed E-state index contributed by atoms with van der Waals surface area (Å²) in [5, 5.41) is 4.02. The van der Waals surface area contributed by atoms with Gasteiger partial charge >= 0.3 is 0 Å². The molecule has 6 nitrogen and oxygen atoms in total. The summed E-state index contributed by atoms with van der Waals surface area (Å²) in [6.45, 7) is 1.24. The Balaban J connectivity index is 1.44. The molecule has 1 aliphatic carbocycles. The van der Waals surface area contributed by atoms with Gasteiger partial charge in [-0.2, -0.15) is 5.10 Å². The van der Waals surface area contributed by atoms with Gasteiger partial charge in [0.1, 0.15) is 0 Å². The van der Waals surface area contributed by atoms with E-state index in [1.807, 2.05) is 18.3 Å². The minimum atomic E-state index is -3.12. The summed E-state index contributed by atoms with van der Waals surface area (Å²) in [4.78, 5) is 4.67. The summed E-state index contributed by atoms with van der Waals surface area (Å²) in [5.74, 6) is 0.336. The van der Waals surface area contributed by atoms with E-state index >= 15 is 0 Å². The fourth-order valence-corrected chi connectivity index (χ4v) is 6.10. The molecule has 0 N–H and O–H groups in total. The number of nitrogens with zero attached hydrogens (tertiary/aromatic N) is 4. The van der Waals surface area contributed by atoms with Crippen molar-refractivity contribution in [3.8, 4) is 0 Å². The molecule has 130 valence electrons. The minimum absolute atomic E-state index is 0.149. The summed E-state index contributed by atoms with van der Waals surface area (Å²) in [6, 6.07) is 3.90. The van der Waals surface area contributed by atoms with Gasteiger partial charge in [-0.05, 0) is 31.7 Å². The third-order valence-corrected chi connectivity index (χ3v) is 7.88. The molecule has 2 aromatic rings. The highest BCUT2D eigenvalue weighted by Gasteiger charge is 2.35. The molecule has 0 spiro atoms. The molecular formula is C17H24N4O2S. The van der Waals surface area contributed by atoms with Crippen LogP contribution in [-0.2, 0) is 10.0 Å². The average molecular weight is 348 g/mol. The molecule has 0 atom stereocenters. The van der Waals surface area contributed by atoms with Crippen LogP contribution in [0.3, 0.4) is 0 Å². The van der Waals surface area contributed by atoms with Crippen LogP contribution in [0.15, 0.2) is 24.5 Å². The van der Waals surface area contributed by atoms with E-state index in [1.165, 1.54) is 6.42 Å². The molecule has 0 radical (unpaired) electrons. The SMILES string of the molecule is O=S(=O)(C1CCCCC1)N1CCC(c2ccn3nccc3n2)CC1. The molecule has 2 aliphatic rings. The first-order valence-electron chi connectivity index (χ1n) is 8.94. The van der Waals surface area contributed by atoms with Gasteiger partial charge in [-0.25, -0.2) is 22.2 Å². The lowest BCUT2D eigenvalue weighted by molar-refractivity contribution is 0.308. The lowest BCUT2D eigenvalue weighted by Gasteiger charge is -2.34. The summed E-state index contributed by atoms with van der Waals surface area (Å²) in [6.07, 6.45) is 10.3. The predicted octanol–water partition coefficient (Wildman–Crippen LogP) is 2.57. The van der Waals surface area contributed by atoms with Gasteiger partial charge in [0.25, 0.3) is 0 Å². The topological polar surface area (TPSA) is 67.6 Å².